The fraction of sp³-hybridized carbons (Fsp3) is 0.0769. The number of hydrogen-bond donors (Lipinski definition) is 2. The third-order valence-electron chi connectivity index (χ3n) is 2.48. The molecule has 0 spiro atoms. The Morgan fingerprint density at radius 1 is 1.06 bits per heavy atom. The Morgan fingerprint density at radius 2 is 1.72 bits per heavy atom. The summed E-state index contributed by atoms with van der Waals surface area (Å²) >= 11 is 15.4. The van der Waals surface area contributed by atoms with Gasteiger partial charge < -0.3 is 11.1 Å². The highest BCUT2D eigenvalue weighted by molar-refractivity contribution is 9.10. The maximum Gasteiger partial charge on any atom is 0.0634 e. The zero-order valence-electron chi connectivity index (χ0n) is 9.60. The molecule has 0 aromatic heterocycles. The van der Waals surface area contributed by atoms with Crippen LogP contribution in [0.5, 0.6) is 0 Å². The maximum absolute atomic E-state index is 5.98. The van der Waals surface area contributed by atoms with Crippen LogP contribution in [0.15, 0.2) is 34.8 Å². The number of nitrogens with two attached hydrogens (primary N) is 1. The second-order valence-corrected chi connectivity index (χ2v) is 5.63. The van der Waals surface area contributed by atoms with Crippen LogP contribution in [0, 0.1) is 6.92 Å². The van der Waals surface area contributed by atoms with E-state index in [1.165, 1.54) is 0 Å². The van der Waals surface area contributed by atoms with Crippen molar-refractivity contribution in [2.24, 2.45) is 0 Å². The van der Waals surface area contributed by atoms with E-state index in [0.717, 1.165) is 21.4 Å². The molecule has 94 valence electrons. The Kier molecular flexibility index (Phi) is 4.05. The first kappa shape index (κ1) is 13.5. The Bertz CT molecular complexity index is 600. The van der Waals surface area contributed by atoms with Crippen molar-refractivity contribution in [3.05, 3.63) is 50.4 Å². The van der Waals surface area contributed by atoms with E-state index in [2.05, 4.69) is 21.2 Å². The normalized spacial score (nSPS) is 10.4. The van der Waals surface area contributed by atoms with Gasteiger partial charge in [-0.3, -0.25) is 0 Å². The van der Waals surface area contributed by atoms with Gasteiger partial charge in [0.05, 0.1) is 27.1 Å². The van der Waals surface area contributed by atoms with Gasteiger partial charge in [-0.2, -0.15) is 0 Å². The molecule has 0 saturated heterocycles. The molecule has 0 amide bonds. The first-order chi connectivity index (χ1) is 8.47. The van der Waals surface area contributed by atoms with Gasteiger partial charge in [-0.25, -0.2) is 0 Å². The number of anilines is 3. The predicted octanol–water partition coefficient (Wildman–Crippen LogP) is 5.39. The van der Waals surface area contributed by atoms with Crippen molar-refractivity contribution >= 4 is 56.2 Å². The zero-order chi connectivity index (χ0) is 13.3. The number of aryl methyl sites for hydroxylation is 1. The van der Waals surface area contributed by atoms with Gasteiger partial charge in [0.1, 0.15) is 0 Å². The maximum atomic E-state index is 5.98. The molecule has 0 heterocycles. The zero-order valence-corrected chi connectivity index (χ0v) is 12.7. The summed E-state index contributed by atoms with van der Waals surface area (Å²) in [6, 6.07) is 9.37. The van der Waals surface area contributed by atoms with E-state index in [-0.39, 0.29) is 0 Å². The summed E-state index contributed by atoms with van der Waals surface area (Å²) in [5.41, 5.74) is 9.27. The van der Waals surface area contributed by atoms with Crippen molar-refractivity contribution in [2.75, 3.05) is 11.1 Å². The van der Waals surface area contributed by atoms with E-state index in [0.29, 0.717) is 15.7 Å². The molecule has 0 radical (unpaired) electrons. The molecule has 0 fully saturated rings. The highest BCUT2D eigenvalue weighted by atomic mass is 79.9. The summed E-state index contributed by atoms with van der Waals surface area (Å²) < 4.78 is 0.957. The largest absolute Gasteiger partial charge is 0.397 e. The molecule has 0 aliphatic rings. The molecule has 0 atom stereocenters. The molecule has 3 N–H and O–H groups in total. The molecule has 2 nitrogen and oxygen atoms in total. The van der Waals surface area contributed by atoms with Crippen molar-refractivity contribution < 1.29 is 0 Å². The van der Waals surface area contributed by atoms with Crippen LogP contribution in [0.2, 0.25) is 10.0 Å². The minimum absolute atomic E-state index is 0.447. The SMILES string of the molecule is Cc1ccc(Br)c(Nc2cc(Cl)c(Cl)cc2N)c1. The standard InChI is InChI=1S/C13H11BrCl2N2/c1-7-2-3-8(14)12(4-7)18-13-6-10(16)9(15)5-11(13)17/h2-6,18H,17H2,1H3. The molecule has 0 bridgehead atoms. The molecule has 5 heteroatoms. The van der Waals surface area contributed by atoms with Crippen LogP contribution >= 0.6 is 39.1 Å². The number of nitrogens with one attached hydrogen (secondary N) is 1. The van der Waals surface area contributed by atoms with E-state index in [9.17, 15) is 0 Å². The predicted molar refractivity (Wildman–Crippen MR) is 83.0 cm³/mol. The fourth-order valence-corrected chi connectivity index (χ4v) is 2.23. The monoisotopic (exact) mass is 344 g/mol. The third-order valence-corrected chi connectivity index (χ3v) is 3.90. The average molecular weight is 346 g/mol. The van der Waals surface area contributed by atoms with Crippen LogP contribution in [-0.4, -0.2) is 0 Å². The van der Waals surface area contributed by atoms with Crippen molar-refractivity contribution in [2.45, 2.75) is 6.92 Å². The molecule has 2 aromatic carbocycles. The summed E-state index contributed by atoms with van der Waals surface area (Å²) in [4.78, 5) is 0. The first-order valence-electron chi connectivity index (χ1n) is 5.25. The van der Waals surface area contributed by atoms with Crippen LogP contribution in [0.25, 0.3) is 0 Å². The van der Waals surface area contributed by atoms with Crippen molar-refractivity contribution in [1.29, 1.82) is 0 Å². The lowest BCUT2D eigenvalue weighted by molar-refractivity contribution is 1.43. The number of nitrogen functional groups attached to an aromatic ring is 1. The van der Waals surface area contributed by atoms with Gasteiger partial charge in [0.2, 0.25) is 0 Å². The van der Waals surface area contributed by atoms with Crippen molar-refractivity contribution in [3.63, 3.8) is 0 Å². The molecule has 0 unspecified atom stereocenters. The summed E-state index contributed by atoms with van der Waals surface area (Å²) in [5, 5.41) is 4.15. The number of hydrogen-bond acceptors (Lipinski definition) is 2. The molecule has 0 saturated carbocycles. The minimum Gasteiger partial charge on any atom is -0.397 e. The lowest BCUT2D eigenvalue weighted by Crippen LogP contribution is -1.97. The molecule has 0 aliphatic carbocycles. The highest BCUT2D eigenvalue weighted by Crippen LogP contribution is 2.34. The Labute approximate surface area is 124 Å². The van der Waals surface area contributed by atoms with E-state index in [4.69, 9.17) is 28.9 Å². The van der Waals surface area contributed by atoms with Gasteiger partial charge in [-0.05, 0) is 52.7 Å². The van der Waals surface area contributed by atoms with Crippen molar-refractivity contribution in [3.8, 4) is 0 Å². The molecule has 18 heavy (non-hydrogen) atoms. The molecular formula is C13H11BrCl2N2. The van der Waals surface area contributed by atoms with Crippen LogP contribution < -0.4 is 11.1 Å². The number of halogens is 3. The topological polar surface area (TPSA) is 38.0 Å². The average Bonchev–Trinajstić information content (AvgIpc) is 2.30. The van der Waals surface area contributed by atoms with E-state index >= 15 is 0 Å². The number of benzene rings is 2. The molecular weight excluding hydrogens is 335 g/mol. The summed E-state index contributed by atoms with van der Waals surface area (Å²) in [6.07, 6.45) is 0. The van der Waals surface area contributed by atoms with Gasteiger partial charge in [0, 0.05) is 4.47 Å². The summed E-state index contributed by atoms with van der Waals surface area (Å²) in [6.45, 7) is 2.02. The van der Waals surface area contributed by atoms with Crippen LogP contribution in [0.4, 0.5) is 17.1 Å². The molecule has 2 rings (SSSR count). The van der Waals surface area contributed by atoms with Crippen LogP contribution in [-0.2, 0) is 0 Å². The van der Waals surface area contributed by atoms with E-state index < -0.39 is 0 Å². The van der Waals surface area contributed by atoms with Crippen molar-refractivity contribution in [1.82, 2.24) is 0 Å². The third kappa shape index (κ3) is 2.91. The van der Waals surface area contributed by atoms with Crippen LogP contribution in [0.3, 0.4) is 0 Å². The van der Waals surface area contributed by atoms with Gasteiger partial charge in [0.15, 0.2) is 0 Å². The van der Waals surface area contributed by atoms with E-state index in [1.54, 1.807) is 12.1 Å². The van der Waals surface area contributed by atoms with Gasteiger partial charge in [-0.15, -0.1) is 0 Å². The quantitative estimate of drug-likeness (QED) is 0.716. The Hall–Kier alpha value is -0.900. The lowest BCUT2D eigenvalue weighted by Gasteiger charge is -2.12. The fourth-order valence-electron chi connectivity index (χ4n) is 1.55. The minimum atomic E-state index is 0.447. The smallest absolute Gasteiger partial charge is 0.0634 e. The van der Waals surface area contributed by atoms with Gasteiger partial charge >= 0.3 is 0 Å². The Balaban J connectivity index is 2.40. The second-order valence-electron chi connectivity index (χ2n) is 3.96. The second kappa shape index (κ2) is 5.39. The number of rotatable bonds is 2. The van der Waals surface area contributed by atoms with Crippen LogP contribution in [0.1, 0.15) is 5.56 Å². The summed E-state index contributed by atoms with van der Waals surface area (Å²) in [7, 11) is 0. The first-order valence-corrected chi connectivity index (χ1v) is 6.80. The van der Waals surface area contributed by atoms with Gasteiger partial charge in [-0.1, -0.05) is 29.3 Å². The Morgan fingerprint density at radius 3 is 2.44 bits per heavy atom. The van der Waals surface area contributed by atoms with Gasteiger partial charge in [0.25, 0.3) is 0 Å². The molecule has 0 aliphatic heterocycles. The highest BCUT2D eigenvalue weighted by Gasteiger charge is 2.07. The summed E-state index contributed by atoms with van der Waals surface area (Å²) in [5.74, 6) is 0. The lowest BCUT2D eigenvalue weighted by atomic mass is 10.2. The van der Waals surface area contributed by atoms with E-state index in [1.807, 2.05) is 25.1 Å². The molecule has 2 aromatic rings.